The molecule has 3 rings (SSSR count). The van der Waals surface area contributed by atoms with Gasteiger partial charge in [0.15, 0.2) is 0 Å². The summed E-state index contributed by atoms with van der Waals surface area (Å²) in [4.78, 5) is 0. The first-order valence-corrected chi connectivity index (χ1v) is 10.1. The van der Waals surface area contributed by atoms with Crippen molar-refractivity contribution in [3.8, 4) is 0 Å². The summed E-state index contributed by atoms with van der Waals surface area (Å²) < 4.78 is 6.18. The Balaban J connectivity index is 1.72. The highest BCUT2D eigenvalue weighted by Gasteiger charge is 2.43. The fourth-order valence-corrected chi connectivity index (χ4v) is 4.35. The van der Waals surface area contributed by atoms with Crippen LogP contribution in [0.1, 0.15) is 56.2 Å². The number of quaternary nitrogens is 1. The third kappa shape index (κ3) is 4.55. The van der Waals surface area contributed by atoms with Gasteiger partial charge in [-0.25, -0.2) is 0 Å². The smallest absolute Gasteiger partial charge is 0.101 e. The average Bonchev–Trinajstić information content (AvgIpc) is 2.67. The second-order valence-corrected chi connectivity index (χ2v) is 8.24. The highest BCUT2D eigenvalue weighted by Crippen LogP contribution is 2.45. The Morgan fingerprint density at radius 1 is 1.04 bits per heavy atom. The highest BCUT2D eigenvalue weighted by molar-refractivity contribution is 5.30. The first kappa shape index (κ1) is 19.1. The van der Waals surface area contributed by atoms with Gasteiger partial charge in [-0.3, -0.25) is 0 Å². The molecule has 0 spiro atoms. The van der Waals surface area contributed by atoms with Crippen molar-refractivity contribution in [1.82, 2.24) is 0 Å². The molecule has 1 saturated heterocycles. The van der Waals surface area contributed by atoms with Gasteiger partial charge in [-0.2, -0.15) is 0 Å². The topological polar surface area (TPSA) is 25.8 Å². The molecule has 26 heavy (non-hydrogen) atoms. The minimum Gasteiger partial charge on any atom is -0.375 e. The summed E-state index contributed by atoms with van der Waals surface area (Å²) in [6.45, 7) is 9.81. The van der Waals surface area contributed by atoms with Crippen molar-refractivity contribution in [2.24, 2.45) is 0 Å². The van der Waals surface area contributed by atoms with E-state index < -0.39 is 0 Å². The molecule has 0 unspecified atom stereocenters. The van der Waals surface area contributed by atoms with Gasteiger partial charge in [-0.05, 0) is 38.7 Å². The summed E-state index contributed by atoms with van der Waals surface area (Å²) in [5.41, 5.74) is 4.48. The minimum atomic E-state index is 0.00255. The molecule has 2 heteroatoms. The molecule has 0 bridgehead atoms. The van der Waals surface area contributed by atoms with E-state index in [1.807, 2.05) is 0 Å². The van der Waals surface area contributed by atoms with Crippen LogP contribution in [0, 0.1) is 6.92 Å². The SMILES string of the molecule is CC[C@]1(C)C[C@@](CC[NH2+]Cc2ccccc2)(c2ccc(C)cc2)CCO1. The number of nitrogens with two attached hydrogens (primary N) is 1. The maximum absolute atomic E-state index is 6.18. The zero-order valence-corrected chi connectivity index (χ0v) is 16.6. The Hall–Kier alpha value is -1.64. The Morgan fingerprint density at radius 3 is 2.46 bits per heavy atom. The average molecular weight is 353 g/mol. The van der Waals surface area contributed by atoms with E-state index in [0.717, 1.165) is 39.0 Å². The molecule has 0 aromatic heterocycles. The second kappa shape index (κ2) is 8.37. The second-order valence-electron chi connectivity index (χ2n) is 8.24. The number of rotatable bonds is 7. The summed E-state index contributed by atoms with van der Waals surface area (Å²) in [6.07, 6.45) is 4.54. The molecule has 1 fully saturated rings. The zero-order valence-electron chi connectivity index (χ0n) is 16.6. The third-order valence-electron chi connectivity index (χ3n) is 6.21. The Morgan fingerprint density at radius 2 is 1.77 bits per heavy atom. The van der Waals surface area contributed by atoms with E-state index in [9.17, 15) is 0 Å². The van der Waals surface area contributed by atoms with Crippen LogP contribution in [-0.4, -0.2) is 18.8 Å². The molecule has 0 amide bonds. The van der Waals surface area contributed by atoms with Crippen molar-refractivity contribution in [3.05, 3.63) is 71.3 Å². The summed E-state index contributed by atoms with van der Waals surface area (Å²) >= 11 is 0. The number of ether oxygens (including phenoxy) is 1. The summed E-state index contributed by atoms with van der Waals surface area (Å²) in [5.74, 6) is 0. The third-order valence-corrected chi connectivity index (χ3v) is 6.21. The minimum absolute atomic E-state index is 0.00255. The molecule has 0 radical (unpaired) electrons. The molecule has 1 aliphatic rings. The van der Waals surface area contributed by atoms with E-state index in [1.54, 1.807) is 0 Å². The van der Waals surface area contributed by atoms with Crippen LogP contribution in [0.4, 0.5) is 0 Å². The van der Waals surface area contributed by atoms with Gasteiger partial charge >= 0.3 is 0 Å². The molecule has 2 atom stereocenters. The predicted octanol–water partition coefficient (Wildman–Crippen LogP) is 4.37. The molecule has 2 aromatic carbocycles. The van der Waals surface area contributed by atoms with Crippen molar-refractivity contribution in [1.29, 1.82) is 0 Å². The zero-order chi connectivity index (χ0) is 18.5. The standard InChI is InChI=1S/C24H33NO/c1-4-23(3)19-24(15-17-26-23,22-12-10-20(2)11-13-22)14-16-25-18-21-8-6-5-7-9-21/h5-13,25H,4,14-19H2,1-3H3/p+1/t23-,24+/m1/s1. The molecule has 0 saturated carbocycles. The van der Waals surface area contributed by atoms with Gasteiger partial charge in [-0.1, -0.05) is 67.1 Å². The van der Waals surface area contributed by atoms with Crippen molar-refractivity contribution in [2.75, 3.05) is 13.2 Å². The quantitative estimate of drug-likeness (QED) is 0.736. The largest absolute Gasteiger partial charge is 0.375 e. The van der Waals surface area contributed by atoms with Crippen LogP contribution in [0.5, 0.6) is 0 Å². The van der Waals surface area contributed by atoms with E-state index in [1.165, 1.54) is 23.1 Å². The van der Waals surface area contributed by atoms with Gasteiger partial charge in [0, 0.05) is 24.0 Å². The predicted molar refractivity (Wildman–Crippen MR) is 108 cm³/mol. The number of benzene rings is 2. The molecule has 2 N–H and O–H groups in total. The highest BCUT2D eigenvalue weighted by atomic mass is 16.5. The van der Waals surface area contributed by atoms with Gasteiger partial charge in [0.2, 0.25) is 0 Å². The van der Waals surface area contributed by atoms with Gasteiger partial charge in [0.1, 0.15) is 6.54 Å². The van der Waals surface area contributed by atoms with Crippen LogP contribution in [0.3, 0.4) is 0 Å². The van der Waals surface area contributed by atoms with Gasteiger partial charge in [0.05, 0.1) is 12.1 Å². The fraction of sp³-hybridized carbons (Fsp3) is 0.500. The maximum atomic E-state index is 6.18. The Kier molecular flexibility index (Phi) is 6.16. The number of aryl methyl sites for hydroxylation is 1. The van der Waals surface area contributed by atoms with E-state index in [4.69, 9.17) is 4.74 Å². The van der Waals surface area contributed by atoms with Crippen molar-refractivity contribution in [2.45, 2.75) is 64.0 Å². The van der Waals surface area contributed by atoms with Crippen LogP contribution >= 0.6 is 0 Å². The van der Waals surface area contributed by atoms with Crippen molar-refractivity contribution >= 4 is 0 Å². The first-order chi connectivity index (χ1) is 12.6. The molecule has 2 aromatic rings. The molecule has 1 heterocycles. The van der Waals surface area contributed by atoms with Gasteiger partial charge < -0.3 is 10.1 Å². The van der Waals surface area contributed by atoms with E-state index in [0.29, 0.717) is 0 Å². The van der Waals surface area contributed by atoms with Crippen LogP contribution in [-0.2, 0) is 16.7 Å². The van der Waals surface area contributed by atoms with E-state index in [-0.39, 0.29) is 11.0 Å². The van der Waals surface area contributed by atoms with E-state index >= 15 is 0 Å². The Bertz CT molecular complexity index is 681. The van der Waals surface area contributed by atoms with Gasteiger partial charge in [0.25, 0.3) is 0 Å². The summed E-state index contributed by atoms with van der Waals surface area (Å²) in [7, 11) is 0. The lowest BCUT2D eigenvalue weighted by Gasteiger charge is -2.46. The van der Waals surface area contributed by atoms with Crippen LogP contribution in [0.25, 0.3) is 0 Å². The monoisotopic (exact) mass is 352 g/mol. The summed E-state index contributed by atoms with van der Waals surface area (Å²) in [5, 5.41) is 2.46. The molecule has 2 nitrogen and oxygen atoms in total. The first-order valence-electron chi connectivity index (χ1n) is 10.1. The maximum Gasteiger partial charge on any atom is 0.101 e. The molecular formula is C24H34NO+. The molecule has 1 aliphatic heterocycles. The lowest BCUT2D eigenvalue weighted by molar-refractivity contribution is -0.672. The molecule has 0 aliphatic carbocycles. The van der Waals surface area contributed by atoms with Crippen LogP contribution in [0.2, 0.25) is 0 Å². The van der Waals surface area contributed by atoms with Gasteiger partial charge in [-0.15, -0.1) is 0 Å². The molecular weight excluding hydrogens is 318 g/mol. The molecule has 140 valence electrons. The van der Waals surface area contributed by atoms with Crippen LogP contribution < -0.4 is 5.32 Å². The van der Waals surface area contributed by atoms with E-state index in [2.05, 4.69) is 80.7 Å². The Labute approximate surface area is 159 Å². The van der Waals surface area contributed by atoms with Crippen molar-refractivity contribution in [3.63, 3.8) is 0 Å². The fourth-order valence-electron chi connectivity index (χ4n) is 4.35. The summed E-state index contributed by atoms with van der Waals surface area (Å²) in [6, 6.07) is 20.0. The number of hydrogen-bond acceptors (Lipinski definition) is 1. The normalized spacial score (nSPS) is 26.0. The van der Waals surface area contributed by atoms with Crippen molar-refractivity contribution < 1.29 is 10.1 Å². The lowest BCUT2D eigenvalue weighted by Crippen LogP contribution is -2.83. The lowest BCUT2D eigenvalue weighted by atomic mass is 9.66. The number of hydrogen-bond donors (Lipinski definition) is 1. The van der Waals surface area contributed by atoms with Crippen LogP contribution in [0.15, 0.2) is 54.6 Å².